The molecule has 2 aliphatic rings. The van der Waals surface area contributed by atoms with E-state index >= 15 is 0 Å². The van der Waals surface area contributed by atoms with Crippen LogP contribution in [-0.2, 0) is 17.8 Å². The Morgan fingerprint density at radius 3 is 2.41 bits per heavy atom. The van der Waals surface area contributed by atoms with Crippen LogP contribution in [-0.4, -0.2) is 48.7 Å². The lowest BCUT2D eigenvalue weighted by atomic mass is 10.1. The number of hydrogen-bond acceptors (Lipinski definition) is 4. The van der Waals surface area contributed by atoms with Crippen molar-refractivity contribution in [1.82, 2.24) is 9.80 Å². The van der Waals surface area contributed by atoms with Crippen LogP contribution in [0.3, 0.4) is 0 Å². The van der Waals surface area contributed by atoms with Crippen LogP contribution >= 0.6 is 11.6 Å². The Bertz CT molecular complexity index is 802. The highest BCUT2D eigenvalue weighted by molar-refractivity contribution is 6.30. The average Bonchev–Trinajstić information content (AvgIpc) is 3.16. The number of halogens is 1. The quantitative estimate of drug-likeness (QED) is 0.790. The molecule has 2 aromatic rings. The number of benzene rings is 2. The van der Waals surface area contributed by atoms with E-state index in [1.54, 1.807) is 0 Å². The molecule has 2 heterocycles. The molecule has 0 N–H and O–H groups in total. The Labute approximate surface area is 164 Å². The van der Waals surface area contributed by atoms with Gasteiger partial charge in [-0.1, -0.05) is 29.8 Å². The van der Waals surface area contributed by atoms with Crippen molar-refractivity contribution in [2.45, 2.75) is 19.4 Å². The van der Waals surface area contributed by atoms with Crippen molar-refractivity contribution in [2.75, 3.05) is 33.0 Å². The first-order valence-corrected chi connectivity index (χ1v) is 9.68. The molecule has 0 aromatic heterocycles. The van der Waals surface area contributed by atoms with Crippen molar-refractivity contribution in [3.63, 3.8) is 0 Å². The zero-order valence-electron chi connectivity index (χ0n) is 15.2. The maximum atomic E-state index is 12.5. The minimum absolute atomic E-state index is 0.229. The van der Waals surface area contributed by atoms with E-state index in [4.69, 9.17) is 21.1 Å². The Morgan fingerprint density at radius 2 is 1.63 bits per heavy atom. The van der Waals surface area contributed by atoms with Crippen LogP contribution in [0.5, 0.6) is 11.5 Å². The highest BCUT2D eigenvalue weighted by Crippen LogP contribution is 2.32. The molecule has 0 aliphatic carbocycles. The molecule has 0 atom stereocenters. The summed E-state index contributed by atoms with van der Waals surface area (Å²) >= 11 is 5.90. The second kappa shape index (κ2) is 8.19. The summed E-state index contributed by atoms with van der Waals surface area (Å²) in [5.74, 6) is 1.87. The maximum absolute atomic E-state index is 12.5. The summed E-state index contributed by atoms with van der Waals surface area (Å²) in [6, 6.07) is 13.8. The van der Waals surface area contributed by atoms with Gasteiger partial charge < -0.3 is 14.4 Å². The number of nitrogens with zero attached hydrogens (tertiary/aromatic N) is 2. The van der Waals surface area contributed by atoms with Crippen LogP contribution in [0.15, 0.2) is 42.5 Å². The molecule has 1 fully saturated rings. The average molecular weight is 387 g/mol. The standard InChI is InChI=1S/C21H23ClN2O3/c22-18-5-1-16(2-6-18)4-8-21(25)24-11-9-23(10-12-24)14-17-3-7-19-20(13-17)27-15-26-19/h1-3,5-7,13H,4,8-12,14-15H2. The van der Waals surface area contributed by atoms with E-state index in [1.807, 2.05) is 41.3 Å². The minimum Gasteiger partial charge on any atom is -0.454 e. The van der Waals surface area contributed by atoms with Gasteiger partial charge in [0.05, 0.1) is 0 Å². The number of hydrogen-bond donors (Lipinski definition) is 0. The predicted octanol–water partition coefficient (Wildman–Crippen LogP) is 3.35. The number of rotatable bonds is 5. The molecule has 0 radical (unpaired) electrons. The summed E-state index contributed by atoms with van der Waals surface area (Å²) in [5.41, 5.74) is 2.36. The van der Waals surface area contributed by atoms with Gasteiger partial charge in [0, 0.05) is 44.2 Å². The van der Waals surface area contributed by atoms with E-state index in [-0.39, 0.29) is 5.91 Å². The smallest absolute Gasteiger partial charge is 0.231 e. The van der Waals surface area contributed by atoms with Gasteiger partial charge in [-0.2, -0.15) is 0 Å². The summed E-state index contributed by atoms with van der Waals surface area (Å²) < 4.78 is 10.8. The number of ether oxygens (including phenoxy) is 2. The molecule has 0 spiro atoms. The van der Waals surface area contributed by atoms with Gasteiger partial charge in [-0.3, -0.25) is 9.69 Å². The Morgan fingerprint density at radius 1 is 0.926 bits per heavy atom. The van der Waals surface area contributed by atoms with Crippen molar-refractivity contribution in [2.24, 2.45) is 0 Å². The van der Waals surface area contributed by atoms with Crippen LogP contribution < -0.4 is 9.47 Å². The van der Waals surface area contributed by atoms with Crippen LogP contribution in [0, 0.1) is 0 Å². The predicted molar refractivity (Wildman–Crippen MR) is 104 cm³/mol. The van der Waals surface area contributed by atoms with Crippen molar-refractivity contribution < 1.29 is 14.3 Å². The Balaban J connectivity index is 1.23. The van der Waals surface area contributed by atoms with E-state index in [0.29, 0.717) is 13.2 Å². The van der Waals surface area contributed by atoms with Gasteiger partial charge >= 0.3 is 0 Å². The third-order valence-electron chi connectivity index (χ3n) is 5.11. The largest absolute Gasteiger partial charge is 0.454 e. The monoisotopic (exact) mass is 386 g/mol. The van der Waals surface area contributed by atoms with Gasteiger partial charge in [0.2, 0.25) is 12.7 Å². The van der Waals surface area contributed by atoms with Gasteiger partial charge in [0.1, 0.15) is 0 Å². The van der Waals surface area contributed by atoms with Gasteiger partial charge in [-0.05, 0) is 41.8 Å². The van der Waals surface area contributed by atoms with Gasteiger partial charge in [0.15, 0.2) is 11.5 Å². The maximum Gasteiger partial charge on any atom is 0.231 e. The molecule has 1 amide bonds. The first-order valence-electron chi connectivity index (χ1n) is 9.30. The second-order valence-corrected chi connectivity index (χ2v) is 7.41. The van der Waals surface area contributed by atoms with Gasteiger partial charge in [-0.15, -0.1) is 0 Å². The fourth-order valence-electron chi connectivity index (χ4n) is 3.51. The zero-order valence-corrected chi connectivity index (χ0v) is 16.0. The van der Waals surface area contributed by atoms with E-state index < -0.39 is 0 Å². The van der Waals surface area contributed by atoms with Gasteiger partial charge in [-0.25, -0.2) is 0 Å². The fraction of sp³-hybridized carbons (Fsp3) is 0.381. The molecule has 142 valence electrons. The molecule has 0 unspecified atom stereocenters. The molecule has 1 saturated heterocycles. The van der Waals surface area contributed by atoms with Crippen molar-refractivity contribution in [1.29, 1.82) is 0 Å². The van der Waals surface area contributed by atoms with E-state index in [2.05, 4.69) is 11.0 Å². The third-order valence-corrected chi connectivity index (χ3v) is 5.36. The number of fused-ring (bicyclic) bond motifs is 1. The number of carbonyl (C=O) groups excluding carboxylic acids is 1. The van der Waals surface area contributed by atoms with Crippen LogP contribution in [0.2, 0.25) is 5.02 Å². The lowest BCUT2D eigenvalue weighted by molar-refractivity contribution is -0.133. The molecule has 0 saturated carbocycles. The molecule has 27 heavy (non-hydrogen) atoms. The van der Waals surface area contributed by atoms with E-state index in [9.17, 15) is 4.79 Å². The van der Waals surface area contributed by atoms with Crippen LogP contribution in [0.4, 0.5) is 0 Å². The Hall–Kier alpha value is -2.24. The molecule has 2 aromatic carbocycles. The lowest BCUT2D eigenvalue weighted by Gasteiger charge is -2.34. The molecule has 4 rings (SSSR count). The molecule has 2 aliphatic heterocycles. The van der Waals surface area contributed by atoms with Crippen LogP contribution in [0.1, 0.15) is 17.5 Å². The molecular formula is C21H23ClN2O3. The topological polar surface area (TPSA) is 42.0 Å². The molecule has 0 bridgehead atoms. The first-order chi connectivity index (χ1) is 13.2. The summed E-state index contributed by atoms with van der Waals surface area (Å²) in [6.07, 6.45) is 1.30. The number of aryl methyl sites for hydroxylation is 1. The van der Waals surface area contributed by atoms with Crippen molar-refractivity contribution in [3.05, 3.63) is 58.6 Å². The highest BCUT2D eigenvalue weighted by atomic mass is 35.5. The highest BCUT2D eigenvalue weighted by Gasteiger charge is 2.21. The SMILES string of the molecule is O=C(CCc1ccc(Cl)cc1)N1CCN(Cc2ccc3c(c2)OCO3)CC1. The van der Waals surface area contributed by atoms with Crippen LogP contribution in [0.25, 0.3) is 0 Å². The molecular weight excluding hydrogens is 364 g/mol. The van der Waals surface area contributed by atoms with Crippen molar-refractivity contribution >= 4 is 17.5 Å². The van der Waals surface area contributed by atoms with Crippen molar-refractivity contribution in [3.8, 4) is 11.5 Å². The fourth-order valence-corrected chi connectivity index (χ4v) is 3.64. The number of carbonyl (C=O) groups is 1. The Kier molecular flexibility index (Phi) is 5.50. The van der Waals surface area contributed by atoms with E-state index in [0.717, 1.165) is 61.2 Å². The first kappa shape index (κ1) is 18.1. The summed E-state index contributed by atoms with van der Waals surface area (Å²) in [6.45, 7) is 4.51. The normalized spacial score (nSPS) is 16.6. The third kappa shape index (κ3) is 4.54. The summed E-state index contributed by atoms with van der Waals surface area (Å²) in [4.78, 5) is 16.8. The van der Waals surface area contributed by atoms with E-state index in [1.165, 1.54) is 5.56 Å². The summed E-state index contributed by atoms with van der Waals surface area (Å²) in [7, 11) is 0. The van der Waals surface area contributed by atoms with Gasteiger partial charge in [0.25, 0.3) is 0 Å². The zero-order chi connectivity index (χ0) is 18.6. The number of piperazine rings is 1. The molecule has 5 nitrogen and oxygen atoms in total. The number of amides is 1. The molecule has 6 heteroatoms. The second-order valence-electron chi connectivity index (χ2n) is 6.97. The summed E-state index contributed by atoms with van der Waals surface area (Å²) in [5, 5.41) is 0.726. The minimum atomic E-state index is 0.229. The lowest BCUT2D eigenvalue weighted by Crippen LogP contribution is -2.48.